The first-order valence-electron chi connectivity index (χ1n) is 6.08. The van der Waals surface area contributed by atoms with E-state index in [1.165, 1.54) is 11.6 Å². The summed E-state index contributed by atoms with van der Waals surface area (Å²) >= 11 is 7.22. The van der Waals surface area contributed by atoms with Crippen LogP contribution in [0.2, 0.25) is 0 Å². The van der Waals surface area contributed by atoms with Crippen LogP contribution in [-0.4, -0.2) is 33.8 Å². The Labute approximate surface area is 126 Å². The molecule has 0 unspecified atom stereocenters. The van der Waals surface area contributed by atoms with E-state index in [1.54, 1.807) is 23.9 Å². The number of nitro benzene ring substituents is 1. The average molecular weight is 312 g/mol. The van der Waals surface area contributed by atoms with Crippen LogP contribution in [-0.2, 0) is 0 Å². The molecule has 1 aromatic carbocycles. The highest BCUT2D eigenvalue weighted by Gasteiger charge is 2.18. The zero-order valence-electron chi connectivity index (χ0n) is 11.0. The number of hydrogen-bond acceptors (Lipinski definition) is 4. The number of nitro groups is 1. The van der Waals surface area contributed by atoms with Crippen molar-refractivity contribution in [3.8, 4) is 0 Å². The van der Waals surface area contributed by atoms with E-state index in [0.717, 1.165) is 35.3 Å². The van der Waals surface area contributed by atoms with Crippen LogP contribution in [0, 0.1) is 17.0 Å². The van der Waals surface area contributed by atoms with Crippen LogP contribution in [0.4, 0.5) is 11.4 Å². The number of amidine groups is 1. The molecule has 0 bridgehead atoms. The van der Waals surface area contributed by atoms with Gasteiger partial charge in [-0.1, -0.05) is 29.4 Å². The summed E-state index contributed by atoms with van der Waals surface area (Å²) in [5.41, 5.74) is 3.15. The van der Waals surface area contributed by atoms with Gasteiger partial charge in [-0.3, -0.25) is 10.1 Å². The molecule has 1 aromatic rings. The van der Waals surface area contributed by atoms with Crippen molar-refractivity contribution in [2.24, 2.45) is 4.99 Å². The highest BCUT2D eigenvalue weighted by molar-refractivity contribution is 8.14. The summed E-state index contributed by atoms with van der Waals surface area (Å²) in [6, 6.07) is 4.71. The van der Waals surface area contributed by atoms with Crippen LogP contribution in [0.15, 0.2) is 34.8 Å². The van der Waals surface area contributed by atoms with Crippen LogP contribution in [0.3, 0.4) is 0 Å². The van der Waals surface area contributed by atoms with Gasteiger partial charge in [-0.05, 0) is 18.6 Å². The van der Waals surface area contributed by atoms with E-state index in [1.807, 2.05) is 13.0 Å². The zero-order chi connectivity index (χ0) is 14.5. The lowest BCUT2D eigenvalue weighted by Gasteiger charge is -2.15. The molecule has 1 heterocycles. The maximum Gasteiger partial charge on any atom is 0.269 e. The molecule has 7 heteroatoms. The number of nitrogens with zero attached hydrogens (tertiary/aromatic N) is 3. The van der Waals surface area contributed by atoms with Gasteiger partial charge in [0.1, 0.15) is 0 Å². The largest absolute Gasteiger partial charge is 0.347 e. The van der Waals surface area contributed by atoms with Crippen molar-refractivity contribution in [2.45, 2.75) is 6.92 Å². The molecule has 20 heavy (non-hydrogen) atoms. The molecule has 1 saturated heterocycles. The summed E-state index contributed by atoms with van der Waals surface area (Å²) in [6.07, 6.45) is 1.87. The van der Waals surface area contributed by atoms with Gasteiger partial charge in [0.2, 0.25) is 0 Å². The maximum absolute atomic E-state index is 10.7. The molecule has 0 spiro atoms. The molecule has 1 aliphatic rings. The van der Waals surface area contributed by atoms with Crippen LogP contribution in [0.25, 0.3) is 0 Å². The fraction of sp³-hybridized carbons (Fsp3) is 0.308. The molecule has 0 amide bonds. The monoisotopic (exact) mass is 311 g/mol. The third kappa shape index (κ3) is 3.52. The van der Waals surface area contributed by atoms with Crippen molar-refractivity contribution >= 4 is 39.9 Å². The topological polar surface area (TPSA) is 58.7 Å². The van der Waals surface area contributed by atoms with Gasteiger partial charge in [0.15, 0.2) is 5.17 Å². The third-order valence-electron chi connectivity index (χ3n) is 2.89. The minimum absolute atomic E-state index is 0.0902. The molecule has 1 aliphatic heterocycles. The Bertz CT molecular complexity index is 575. The van der Waals surface area contributed by atoms with Crippen molar-refractivity contribution in [3.63, 3.8) is 0 Å². The van der Waals surface area contributed by atoms with Gasteiger partial charge in [0, 0.05) is 36.5 Å². The van der Waals surface area contributed by atoms with Gasteiger partial charge in [0.25, 0.3) is 5.69 Å². The lowest BCUT2D eigenvalue weighted by molar-refractivity contribution is -0.384. The molecule has 1 fully saturated rings. The molecular weight excluding hydrogens is 298 g/mol. The second-order valence-corrected chi connectivity index (χ2v) is 5.59. The van der Waals surface area contributed by atoms with Crippen LogP contribution in [0.1, 0.15) is 5.56 Å². The van der Waals surface area contributed by atoms with E-state index in [0.29, 0.717) is 0 Å². The fourth-order valence-electron chi connectivity index (χ4n) is 1.86. The number of aryl methyl sites for hydroxylation is 1. The molecule has 0 aliphatic carbocycles. The Hall–Kier alpha value is -1.53. The number of hydrogen-bond donors (Lipinski definition) is 0. The number of aliphatic imine (C=N–C) groups is 1. The second kappa shape index (κ2) is 6.76. The van der Waals surface area contributed by atoms with Crippen LogP contribution >= 0.6 is 23.4 Å². The highest BCUT2D eigenvalue weighted by Crippen LogP contribution is 2.27. The van der Waals surface area contributed by atoms with Crippen LogP contribution in [0.5, 0.6) is 0 Å². The highest BCUT2D eigenvalue weighted by atomic mass is 35.5. The molecular formula is C13H14ClN3O2S. The zero-order valence-corrected chi connectivity index (χ0v) is 12.5. The summed E-state index contributed by atoms with van der Waals surface area (Å²) in [4.78, 5) is 17.0. The lowest BCUT2D eigenvalue weighted by Crippen LogP contribution is -2.24. The predicted molar refractivity (Wildman–Crippen MR) is 84.0 cm³/mol. The smallest absolute Gasteiger partial charge is 0.269 e. The first-order chi connectivity index (χ1) is 9.61. The van der Waals surface area contributed by atoms with Gasteiger partial charge in [-0.2, -0.15) is 0 Å². The van der Waals surface area contributed by atoms with Gasteiger partial charge >= 0.3 is 0 Å². The first kappa shape index (κ1) is 14.9. The summed E-state index contributed by atoms with van der Waals surface area (Å²) in [6.45, 7) is 3.48. The maximum atomic E-state index is 10.7. The van der Waals surface area contributed by atoms with E-state index >= 15 is 0 Å². The Kier molecular flexibility index (Phi) is 5.03. The van der Waals surface area contributed by atoms with E-state index in [-0.39, 0.29) is 5.69 Å². The SMILES string of the molecule is Cc1cc([N+](=O)[O-])ccc1/N=C1\SCCN1C/C=C/Cl. The van der Waals surface area contributed by atoms with Crippen molar-refractivity contribution in [3.05, 3.63) is 45.5 Å². The van der Waals surface area contributed by atoms with Crippen molar-refractivity contribution < 1.29 is 4.92 Å². The van der Waals surface area contributed by atoms with Crippen molar-refractivity contribution in [1.29, 1.82) is 0 Å². The number of thioether (sulfide) groups is 1. The summed E-state index contributed by atoms with van der Waals surface area (Å²) in [5, 5.41) is 11.6. The standard InChI is InChI=1S/C13H14ClN3O2S/c1-10-9-11(17(18)19)3-4-12(10)15-13-16(6-2-5-14)7-8-20-13/h2-5,9H,6-8H2,1H3/b5-2+,15-13-. The first-order valence-corrected chi connectivity index (χ1v) is 7.50. The van der Waals surface area contributed by atoms with Crippen molar-refractivity contribution in [2.75, 3.05) is 18.8 Å². The minimum Gasteiger partial charge on any atom is -0.347 e. The average Bonchev–Trinajstić information content (AvgIpc) is 2.85. The molecule has 0 N–H and O–H groups in total. The van der Waals surface area contributed by atoms with Gasteiger partial charge in [-0.15, -0.1) is 0 Å². The Morgan fingerprint density at radius 2 is 2.40 bits per heavy atom. The van der Waals surface area contributed by atoms with Crippen LogP contribution < -0.4 is 0 Å². The number of rotatable bonds is 4. The van der Waals surface area contributed by atoms with E-state index in [2.05, 4.69) is 9.89 Å². The second-order valence-electron chi connectivity index (χ2n) is 4.28. The molecule has 5 nitrogen and oxygen atoms in total. The molecule has 0 radical (unpaired) electrons. The number of benzene rings is 1. The summed E-state index contributed by atoms with van der Waals surface area (Å²) < 4.78 is 0. The number of halogens is 1. The van der Waals surface area contributed by atoms with E-state index in [4.69, 9.17) is 11.6 Å². The van der Waals surface area contributed by atoms with Crippen molar-refractivity contribution in [1.82, 2.24) is 4.90 Å². The van der Waals surface area contributed by atoms with Gasteiger partial charge in [-0.25, -0.2) is 4.99 Å². The van der Waals surface area contributed by atoms with Gasteiger partial charge < -0.3 is 4.90 Å². The number of non-ortho nitro benzene ring substituents is 1. The van der Waals surface area contributed by atoms with Gasteiger partial charge in [0.05, 0.1) is 10.6 Å². The summed E-state index contributed by atoms with van der Waals surface area (Å²) in [7, 11) is 0. The minimum atomic E-state index is -0.397. The Balaban J connectivity index is 2.23. The molecule has 106 valence electrons. The summed E-state index contributed by atoms with van der Waals surface area (Å²) in [5.74, 6) is 0.987. The van der Waals surface area contributed by atoms with E-state index in [9.17, 15) is 10.1 Å². The quantitative estimate of drug-likeness (QED) is 0.628. The molecule has 0 saturated carbocycles. The Morgan fingerprint density at radius 1 is 1.60 bits per heavy atom. The van der Waals surface area contributed by atoms with E-state index < -0.39 is 4.92 Å². The normalized spacial score (nSPS) is 17.3. The predicted octanol–water partition coefficient (Wildman–Crippen LogP) is 3.69. The third-order valence-corrected chi connectivity index (χ3v) is 4.06. The fourth-order valence-corrected chi connectivity index (χ4v) is 2.94. The Morgan fingerprint density at radius 3 is 3.05 bits per heavy atom. The molecule has 0 aromatic heterocycles. The molecule has 0 atom stereocenters. The molecule has 2 rings (SSSR count). The lowest BCUT2D eigenvalue weighted by atomic mass is 10.2.